The number of rotatable bonds is 7. The van der Waals surface area contributed by atoms with Gasteiger partial charge in [0.15, 0.2) is 5.78 Å². The van der Waals surface area contributed by atoms with Gasteiger partial charge in [-0.05, 0) is 124 Å². The zero-order valence-electron chi connectivity index (χ0n) is 29.8. The molecule has 2 aromatic carbocycles. The maximum atomic E-state index is 14.2. The van der Waals surface area contributed by atoms with E-state index in [1.165, 1.54) is 18.4 Å². The summed E-state index contributed by atoms with van der Waals surface area (Å²) in [6.45, 7) is 12.1. The molecule has 260 valence electrons. The number of aliphatic hydroxyl groups excluding tert-OH is 1. The zero-order chi connectivity index (χ0) is 34.3. The first-order valence-electron chi connectivity index (χ1n) is 18.6. The number of fused-ring (bicyclic) bond motifs is 10. The number of aliphatic hydroxyl groups is 2. The number of ketones is 1. The molecule has 0 radical (unpaired) electrons. The minimum atomic E-state index is -1.17. The summed E-state index contributed by atoms with van der Waals surface area (Å²) in [6.07, 6.45) is 9.67. The Morgan fingerprint density at radius 2 is 1.77 bits per heavy atom. The molecule has 0 aliphatic heterocycles. The fourth-order valence-electron chi connectivity index (χ4n) is 10.1. The van der Waals surface area contributed by atoms with E-state index in [9.17, 15) is 19.8 Å². The highest BCUT2D eigenvalue weighted by molar-refractivity contribution is 6.10. The Balaban J connectivity index is 1.39. The first kappa shape index (κ1) is 34.9. The van der Waals surface area contributed by atoms with Crippen molar-refractivity contribution in [3.63, 3.8) is 0 Å². The molecule has 8 rings (SSSR count). The van der Waals surface area contributed by atoms with E-state index in [0.717, 1.165) is 36.3 Å². The van der Waals surface area contributed by atoms with Gasteiger partial charge in [-0.25, -0.2) is 4.79 Å². The van der Waals surface area contributed by atoms with E-state index >= 15 is 0 Å². The quantitative estimate of drug-likeness (QED) is 0.231. The second-order valence-corrected chi connectivity index (χ2v) is 16.4. The van der Waals surface area contributed by atoms with Crippen molar-refractivity contribution in [2.24, 2.45) is 28.6 Å². The summed E-state index contributed by atoms with van der Waals surface area (Å²) < 4.78 is 5.65. The van der Waals surface area contributed by atoms with Crippen LogP contribution in [0.3, 0.4) is 0 Å². The molecule has 6 aliphatic carbocycles. The van der Waals surface area contributed by atoms with Crippen molar-refractivity contribution in [1.29, 1.82) is 0 Å². The number of carbonyl (C=O) groups excluding carboxylic acids is 2. The first-order chi connectivity index (χ1) is 22.9. The molecule has 4 fully saturated rings. The molecule has 0 saturated heterocycles. The Bertz CT molecular complexity index is 1510. The van der Waals surface area contributed by atoms with Gasteiger partial charge in [-0.15, -0.1) is 0 Å². The highest BCUT2D eigenvalue weighted by Gasteiger charge is 2.59. The molecule has 2 aromatic rings. The molecule has 0 spiro atoms. The molecule has 48 heavy (non-hydrogen) atoms. The maximum absolute atomic E-state index is 14.2. The van der Waals surface area contributed by atoms with Crippen molar-refractivity contribution in [2.75, 3.05) is 19.7 Å². The van der Waals surface area contributed by atoms with Gasteiger partial charge in [0.05, 0.1) is 24.9 Å². The van der Waals surface area contributed by atoms with Gasteiger partial charge in [0.25, 0.3) is 0 Å². The van der Waals surface area contributed by atoms with E-state index in [4.69, 9.17) is 4.74 Å². The number of amides is 1. The molecule has 7 unspecified atom stereocenters. The van der Waals surface area contributed by atoms with Crippen LogP contribution in [0.5, 0.6) is 0 Å². The second kappa shape index (κ2) is 13.7. The largest absolute Gasteiger partial charge is 0.450 e. The monoisotopic (exact) mass is 655 g/mol. The SMILES string of the molecule is CCOC(=O)N(CC1CCC2CC1C2(C)C)CC1(O)CCC2c3ccc(cc3C(=O)c3ccccc3)CC(O)CCC(C)=CCCC21C. The van der Waals surface area contributed by atoms with Crippen LogP contribution in [-0.4, -0.2) is 58.4 Å². The van der Waals surface area contributed by atoms with Crippen LogP contribution in [0.25, 0.3) is 0 Å². The van der Waals surface area contributed by atoms with Crippen molar-refractivity contribution in [1.82, 2.24) is 4.90 Å². The van der Waals surface area contributed by atoms with Crippen LogP contribution >= 0.6 is 0 Å². The lowest BCUT2D eigenvalue weighted by molar-refractivity contribution is -0.120. The molecule has 6 heteroatoms. The Morgan fingerprint density at radius 1 is 1.00 bits per heavy atom. The number of allylic oxidation sites excluding steroid dienone is 2. The second-order valence-electron chi connectivity index (χ2n) is 16.4. The Hall–Kier alpha value is -2.96. The van der Waals surface area contributed by atoms with Gasteiger partial charge < -0.3 is 19.8 Å². The van der Waals surface area contributed by atoms with Gasteiger partial charge in [-0.3, -0.25) is 4.79 Å². The van der Waals surface area contributed by atoms with E-state index in [1.54, 1.807) is 0 Å². The minimum absolute atomic E-state index is 0.0329. The van der Waals surface area contributed by atoms with Gasteiger partial charge in [0, 0.05) is 23.1 Å². The van der Waals surface area contributed by atoms with Crippen molar-refractivity contribution < 1.29 is 24.5 Å². The highest BCUT2D eigenvalue weighted by atomic mass is 16.6. The summed E-state index contributed by atoms with van der Waals surface area (Å²) >= 11 is 0. The molecule has 6 nitrogen and oxygen atoms in total. The Kier molecular flexibility index (Phi) is 9.99. The minimum Gasteiger partial charge on any atom is -0.450 e. The molecule has 7 atom stereocenters. The highest BCUT2D eigenvalue weighted by Crippen LogP contribution is 2.62. The molecule has 0 aromatic heterocycles. The van der Waals surface area contributed by atoms with E-state index in [0.29, 0.717) is 73.6 Å². The molecule has 0 heterocycles. The van der Waals surface area contributed by atoms with E-state index in [-0.39, 0.29) is 24.3 Å². The third kappa shape index (κ3) is 6.52. The first-order valence-corrected chi connectivity index (χ1v) is 18.6. The number of hydrogen-bond acceptors (Lipinski definition) is 5. The van der Waals surface area contributed by atoms with Gasteiger partial charge in [0.2, 0.25) is 0 Å². The third-order valence-corrected chi connectivity index (χ3v) is 13.4. The van der Waals surface area contributed by atoms with Crippen molar-refractivity contribution >= 4 is 11.9 Å². The van der Waals surface area contributed by atoms with E-state index in [1.807, 2.05) is 48.2 Å². The lowest BCUT2D eigenvalue weighted by Gasteiger charge is -2.60. The predicted octanol–water partition coefficient (Wildman–Crippen LogP) is 8.49. The average molecular weight is 656 g/mol. The van der Waals surface area contributed by atoms with E-state index in [2.05, 4.69) is 45.9 Å². The molecule has 4 saturated carbocycles. The van der Waals surface area contributed by atoms with Crippen LogP contribution in [0.2, 0.25) is 0 Å². The maximum Gasteiger partial charge on any atom is 0.409 e. The summed E-state index contributed by atoms with van der Waals surface area (Å²) in [5.41, 5.74) is 2.94. The van der Waals surface area contributed by atoms with Crippen LogP contribution in [-0.2, 0) is 11.2 Å². The van der Waals surface area contributed by atoms with Gasteiger partial charge in [0.1, 0.15) is 0 Å². The topological polar surface area (TPSA) is 87.1 Å². The van der Waals surface area contributed by atoms with Crippen molar-refractivity contribution in [3.05, 3.63) is 82.4 Å². The summed E-state index contributed by atoms with van der Waals surface area (Å²) in [4.78, 5) is 29.7. The average Bonchev–Trinajstić information content (AvgIpc) is 3.32. The van der Waals surface area contributed by atoms with Gasteiger partial charge in [-0.2, -0.15) is 0 Å². The molecular formula is C42H57NO5. The normalized spacial score (nSPS) is 32.7. The van der Waals surface area contributed by atoms with Crippen LogP contribution in [0.1, 0.15) is 125 Å². The Morgan fingerprint density at radius 3 is 2.48 bits per heavy atom. The van der Waals surface area contributed by atoms with Crippen LogP contribution in [0.15, 0.2) is 60.2 Å². The Labute approximate surface area is 288 Å². The number of nitrogens with zero attached hydrogens (tertiary/aromatic N) is 1. The number of ether oxygens (including phenoxy) is 1. The number of hydrogen-bond donors (Lipinski definition) is 2. The summed E-state index contributed by atoms with van der Waals surface area (Å²) in [5.74, 6) is 1.63. The standard InChI is InChI=1S/C42H57NO5/c1-6-48-39(46)43(26-31-16-17-32-25-37(31)40(32,3)4)27-42(47)22-20-36-34-19-15-29(24-35(34)38(45)30-12-8-7-9-13-30)23-33(44)18-14-28(2)11-10-21-41(36,42)5/h7-9,11-13,15,19,24,31-33,36-37,44,47H,6,10,14,16-18,20-23,25-27H2,1-5H3. The predicted molar refractivity (Wildman–Crippen MR) is 190 cm³/mol. The fraction of sp³-hybridized carbons (Fsp3) is 0.619. The smallest absolute Gasteiger partial charge is 0.409 e. The summed E-state index contributed by atoms with van der Waals surface area (Å²) in [5, 5.41) is 23.9. The lowest BCUT2D eigenvalue weighted by atomic mass is 9.45. The molecule has 6 aliphatic rings. The summed E-state index contributed by atoms with van der Waals surface area (Å²) in [6, 6.07) is 15.5. The van der Waals surface area contributed by atoms with Gasteiger partial charge in [-0.1, -0.05) is 74.9 Å². The summed E-state index contributed by atoms with van der Waals surface area (Å²) in [7, 11) is 0. The number of carbonyl (C=O) groups is 2. The molecule has 4 bridgehead atoms. The van der Waals surface area contributed by atoms with Crippen molar-refractivity contribution in [2.45, 2.75) is 116 Å². The molecule has 2 N–H and O–H groups in total. The fourth-order valence-corrected chi connectivity index (χ4v) is 10.1. The lowest BCUT2D eigenvalue weighted by Crippen LogP contribution is -2.58. The zero-order valence-corrected chi connectivity index (χ0v) is 29.8. The van der Waals surface area contributed by atoms with E-state index < -0.39 is 17.1 Å². The molecule has 1 amide bonds. The number of benzene rings is 2. The van der Waals surface area contributed by atoms with Crippen molar-refractivity contribution in [3.8, 4) is 0 Å². The molecular weight excluding hydrogens is 598 g/mol. The van der Waals surface area contributed by atoms with Crippen LogP contribution in [0, 0.1) is 28.6 Å². The third-order valence-electron chi connectivity index (χ3n) is 13.4. The van der Waals surface area contributed by atoms with Gasteiger partial charge >= 0.3 is 6.09 Å². The van der Waals surface area contributed by atoms with Crippen LogP contribution < -0.4 is 0 Å². The van der Waals surface area contributed by atoms with Crippen LogP contribution in [0.4, 0.5) is 4.79 Å².